The Hall–Kier alpha value is -5.46. The third-order valence-corrected chi connectivity index (χ3v) is 8.80. The van der Waals surface area contributed by atoms with Gasteiger partial charge < -0.3 is 22.8 Å². The summed E-state index contributed by atoms with van der Waals surface area (Å²) in [5.74, 6) is 2.90. The standard InChI is InChI=1S/C16H20O5.C16H22O4.C14H18O4/c1-11(17)3-4-13(19)5-6-14(20)10-16-8-7-15(21-16)9-12(2)18;1-3-14-9-11-16(20-14)15(19)10-8-13(18)7-5-4-6-12(2)17;1-10-6-8-13(18-10)5-3-4-12(16)7-9-14(17)11(2)15/h7-8H,3-6,9-10H2,1-2H3;9,11H,3-8,10H2,1-2H3;6,8H,3-5,7,9H2,1-2H3. The zero-order valence-corrected chi connectivity index (χ0v) is 35.5. The summed E-state index contributed by atoms with van der Waals surface area (Å²) in [6, 6.07) is 10.6. The zero-order chi connectivity index (χ0) is 44.3. The fourth-order valence-corrected chi connectivity index (χ4v) is 5.41. The lowest BCUT2D eigenvalue weighted by Crippen LogP contribution is -2.11. The van der Waals surface area contributed by atoms with Gasteiger partial charge in [-0.15, -0.1) is 0 Å². The molecule has 13 heteroatoms. The molecule has 322 valence electrons. The summed E-state index contributed by atoms with van der Waals surface area (Å²) in [6.45, 7) is 9.52. The van der Waals surface area contributed by atoms with Crippen molar-refractivity contribution in [3.05, 3.63) is 71.0 Å². The number of aryl methyl sites for hydroxylation is 3. The van der Waals surface area contributed by atoms with E-state index in [1.54, 1.807) is 31.2 Å². The van der Waals surface area contributed by atoms with Gasteiger partial charge in [-0.3, -0.25) is 38.4 Å². The fraction of sp³-hybridized carbons (Fsp3) is 0.522. The number of ketones is 10. The van der Waals surface area contributed by atoms with E-state index in [1.807, 2.05) is 26.0 Å². The molecule has 59 heavy (non-hydrogen) atoms. The molecule has 0 amide bonds. The van der Waals surface area contributed by atoms with E-state index in [0.29, 0.717) is 49.4 Å². The topological polar surface area (TPSA) is 210 Å². The summed E-state index contributed by atoms with van der Waals surface area (Å²) in [7, 11) is 0. The number of unbranched alkanes of at least 4 members (excludes halogenated alkanes) is 1. The molecule has 0 aromatic carbocycles. The van der Waals surface area contributed by atoms with Gasteiger partial charge in [0.15, 0.2) is 23.1 Å². The molecule has 3 aromatic rings. The van der Waals surface area contributed by atoms with E-state index in [0.717, 1.165) is 36.5 Å². The minimum absolute atomic E-state index is 0.00158. The summed E-state index contributed by atoms with van der Waals surface area (Å²) in [6.07, 6.45) is 6.77. The van der Waals surface area contributed by atoms with Crippen LogP contribution in [0.1, 0.15) is 164 Å². The van der Waals surface area contributed by atoms with E-state index >= 15 is 0 Å². The maximum atomic E-state index is 11.8. The van der Waals surface area contributed by atoms with Crippen molar-refractivity contribution in [2.45, 2.75) is 157 Å². The smallest absolute Gasteiger partial charge is 0.198 e. The molecule has 0 radical (unpaired) electrons. The highest BCUT2D eigenvalue weighted by Crippen LogP contribution is 2.15. The second kappa shape index (κ2) is 28.9. The third-order valence-electron chi connectivity index (χ3n) is 8.80. The number of hydrogen-bond acceptors (Lipinski definition) is 13. The van der Waals surface area contributed by atoms with Gasteiger partial charge in [0, 0.05) is 90.4 Å². The Balaban J connectivity index is 0.000000444. The molecule has 0 N–H and O–H groups in total. The van der Waals surface area contributed by atoms with Crippen molar-refractivity contribution < 1.29 is 61.2 Å². The molecule has 0 spiro atoms. The molecule has 0 fully saturated rings. The molecule has 3 rings (SSSR count). The van der Waals surface area contributed by atoms with Crippen LogP contribution in [0.3, 0.4) is 0 Å². The van der Waals surface area contributed by atoms with Crippen LogP contribution < -0.4 is 0 Å². The molecule has 3 aromatic heterocycles. The highest BCUT2D eigenvalue weighted by atomic mass is 16.4. The average molecular weight is 821 g/mol. The molecule has 0 bridgehead atoms. The number of rotatable bonds is 28. The molecule has 0 aliphatic carbocycles. The maximum absolute atomic E-state index is 11.8. The van der Waals surface area contributed by atoms with Crippen molar-refractivity contribution in [3.63, 3.8) is 0 Å². The quantitative estimate of drug-likeness (QED) is 0.0385. The summed E-state index contributed by atoms with van der Waals surface area (Å²) < 4.78 is 16.1. The first-order valence-electron chi connectivity index (χ1n) is 20.2. The Bertz CT molecular complexity index is 1880. The van der Waals surface area contributed by atoms with Crippen LogP contribution in [0, 0.1) is 6.92 Å². The molecule has 0 atom stereocenters. The van der Waals surface area contributed by atoms with Crippen molar-refractivity contribution in [1.29, 1.82) is 0 Å². The van der Waals surface area contributed by atoms with Gasteiger partial charge in [-0.25, -0.2) is 0 Å². The van der Waals surface area contributed by atoms with Crippen molar-refractivity contribution >= 4 is 57.8 Å². The number of Topliss-reactive ketones (excluding diaryl/α,β-unsaturated/α-hetero) is 10. The molecule has 0 saturated carbocycles. The van der Waals surface area contributed by atoms with Gasteiger partial charge >= 0.3 is 0 Å². The SMILES string of the molecule is CC(=O)C(=O)CCC(=O)CCCc1ccc(C)o1.CC(=O)CCC(=O)CCC(=O)Cc1ccc(CC(C)=O)o1.CCc1ccc(C(=O)CCC(=O)CCCCC(C)=O)o1. The van der Waals surface area contributed by atoms with Crippen molar-refractivity contribution in [2.24, 2.45) is 0 Å². The van der Waals surface area contributed by atoms with Gasteiger partial charge in [-0.1, -0.05) is 6.92 Å². The van der Waals surface area contributed by atoms with Gasteiger partial charge in [0.1, 0.15) is 69.3 Å². The normalized spacial score (nSPS) is 10.4. The molecule has 0 saturated heterocycles. The molecule has 0 aliphatic heterocycles. The van der Waals surface area contributed by atoms with Gasteiger partial charge in [-0.2, -0.15) is 0 Å². The van der Waals surface area contributed by atoms with E-state index in [-0.39, 0.29) is 110 Å². The first-order valence-corrected chi connectivity index (χ1v) is 20.2. The lowest BCUT2D eigenvalue weighted by atomic mass is 10.0. The van der Waals surface area contributed by atoms with Crippen LogP contribution in [0.5, 0.6) is 0 Å². The predicted molar refractivity (Wildman–Crippen MR) is 218 cm³/mol. The van der Waals surface area contributed by atoms with Crippen LogP contribution in [0.15, 0.2) is 49.6 Å². The van der Waals surface area contributed by atoms with Crippen LogP contribution >= 0.6 is 0 Å². The van der Waals surface area contributed by atoms with Crippen molar-refractivity contribution in [3.8, 4) is 0 Å². The summed E-state index contributed by atoms with van der Waals surface area (Å²) in [5, 5.41) is 0. The number of hydrogen-bond donors (Lipinski definition) is 0. The molecule has 0 unspecified atom stereocenters. The summed E-state index contributed by atoms with van der Waals surface area (Å²) in [5.41, 5.74) is 0. The minimum atomic E-state index is -0.478. The Morgan fingerprint density at radius 1 is 0.441 bits per heavy atom. The maximum Gasteiger partial charge on any atom is 0.198 e. The van der Waals surface area contributed by atoms with E-state index < -0.39 is 11.6 Å². The molecule has 3 heterocycles. The van der Waals surface area contributed by atoms with E-state index in [9.17, 15) is 47.9 Å². The highest BCUT2D eigenvalue weighted by Gasteiger charge is 2.15. The number of carbonyl (C=O) groups excluding carboxylic acids is 10. The van der Waals surface area contributed by atoms with Gasteiger partial charge in [0.05, 0.1) is 12.8 Å². The highest BCUT2D eigenvalue weighted by molar-refractivity contribution is 6.36. The van der Waals surface area contributed by atoms with Crippen LogP contribution in [0.2, 0.25) is 0 Å². The largest absolute Gasteiger partial charge is 0.466 e. The number of furan rings is 3. The van der Waals surface area contributed by atoms with Crippen LogP contribution in [0.25, 0.3) is 0 Å². The molecular weight excluding hydrogens is 760 g/mol. The van der Waals surface area contributed by atoms with Crippen LogP contribution in [-0.2, 0) is 68.8 Å². The van der Waals surface area contributed by atoms with E-state index in [4.69, 9.17) is 13.3 Å². The van der Waals surface area contributed by atoms with Crippen molar-refractivity contribution in [1.82, 2.24) is 0 Å². The predicted octanol–water partition coefficient (Wildman–Crippen LogP) is 8.18. The Kier molecular flexibility index (Phi) is 25.2. The molecule has 13 nitrogen and oxygen atoms in total. The summed E-state index contributed by atoms with van der Waals surface area (Å²) in [4.78, 5) is 112. The monoisotopic (exact) mass is 820 g/mol. The second-order valence-electron chi connectivity index (χ2n) is 14.6. The van der Waals surface area contributed by atoms with Crippen LogP contribution in [-0.4, -0.2) is 57.8 Å². The second-order valence-corrected chi connectivity index (χ2v) is 14.6. The van der Waals surface area contributed by atoms with Crippen molar-refractivity contribution in [2.75, 3.05) is 0 Å². The van der Waals surface area contributed by atoms with Gasteiger partial charge in [-0.05, 0) is 83.4 Å². The fourth-order valence-electron chi connectivity index (χ4n) is 5.41. The minimum Gasteiger partial charge on any atom is -0.466 e. The Labute approximate surface area is 346 Å². The lowest BCUT2D eigenvalue weighted by Gasteiger charge is -2.00. The first kappa shape index (κ1) is 51.6. The Morgan fingerprint density at radius 2 is 0.949 bits per heavy atom. The third kappa shape index (κ3) is 25.5. The zero-order valence-electron chi connectivity index (χ0n) is 35.5. The number of carbonyl (C=O) groups is 10. The first-order chi connectivity index (χ1) is 27.9. The van der Waals surface area contributed by atoms with E-state index in [1.165, 1.54) is 20.8 Å². The van der Waals surface area contributed by atoms with Gasteiger partial charge in [0.25, 0.3) is 0 Å². The average Bonchev–Trinajstić information content (AvgIpc) is 3.94. The van der Waals surface area contributed by atoms with Crippen LogP contribution in [0.4, 0.5) is 0 Å². The molecule has 0 aliphatic rings. The van der Waals surface area contributed by atoms with E-state index in [2.05, 4.69) is 0 Å². The lowest BCUT2D eigenvalue weighted by molar-refractivity contribution is -0.136. The Morgan fingerprint density at radius 3 is 1.51 bits per heavy atom. The van der Waals surface area contributed by atoms with Gasteiger partial charge in [0.2, 0.25) is 0 Å². The summed E-state index contributed by atoms with van der Waals surface area (Å²) >= 11 is 0. The molecular formula is C46H60O13.